The van der Waals surface area contributed by atoms with E-state index in [4.69, 9.17) is 5.73 Å². The summed E-state index contributed by atoms with van der Waals surface area (Å²) in [5, 5.41) is 0. The van der Waals surface area contributed by atoms with E-state index in [0.717, 1.165) is 12.8 Å². The lowest BCUT2D eigenvalue weighted by Crippen LogP contribution is -2.51. The average Bonchev–Trinajstić information content (AvgIpc) is 2.34. The number of unbranched alkanes of at least 4 members (excludes halogenated alkanes) is 4. The Balaban J connectivity index is 4.18. The van der Waals surface area contributed by atoms with E-state index in [2.05, 4.69) is 18.7 Å². The number of likely N-dealkylation sites (N-methyl/N-ethyl adjacent to an activating group) is 1. The van der Waals surface area contributed by atoms with Gasteiger partial charge >= 0.3 is 0 Å². The Labute approximate surface area is 119 Å². The standard InChI is InChI=1S/C14H32N2O2S/c1-5-6-7-8-9-10-14(2,13-15)16(3)11-12-19(4,17)18/h5-13,15H2,1-4H3. The number of nitrogens with zero attached hydrogens (tertiary/aromatic N) is 1. The Kier molecular flexibility index (Phi) is 8.86. The summed E-state index contributed by atoms with van der Waals surface area (Å²) in [6.45, 7) is 5.47. The third kappa shape index (κ3) is 8.60. The van der Waals surface area contributed by atoms with Crippen molar-refractivity contribution in [1.29, 1.82) is 0 Å². The quantitative estimate of drug-likeness (QED) is 0.592. The van der Waals surface area contributed by atoms with E-state index in [1.54, 1.807) is 0 Å². The Morgan fingerprint density at radius 1 is 1.16 bits per heavy atom. The summed E-state index contributed by atoms with van der Waals surface area (Å²) in [7, 11) is -0.926. The van der Waals surface area contributed by atoms with Crippen LogP contribution in [-0.2, 0) is 9.84 Å². The van der Waals surface area contributed by atoms with E-state index in [1.807, 2.05) is 7.05 Å². The van der Waals surface area contributed by atoms with Crippen LogP contribution >= 0.6 is 0 Å². The molecule has 0 heterocycles. The second-order valence-electron chi connectivity index (χ2n) is 5.92. The van der Waals surface area contributed by atoms with Gasteiger partial charge in [0.2, 0.25) is 0 Å². The van der Waals surface area contributed by atoms with E-state index in [0.29, 0.717) is 13.1 Å². The zero-order chi connectivity index (χ0) is 14.9. The fourth-order valence-electron chi connectivity index (χ4n) is 2.13. The molecule has 2 N–H and O–H groups in total. The number of nitrogens with two attached hydrogens (primary N) is 1. The van der Waals surface area contributed by atoms with Crippen LogP contribution in [0.15, 0.2) is 0 Å². The first-order chi connectivity index (χ1) is 8.75. The topological polar surface area (TPSA) is 63.4 Å². The Morgan fingerprint density at radius 3 is 2.21 bits per heavy atom. The molecular weight excluding hydrogens is 260 g/mol. The van der Waals surface area contributed by atoms with E-state index >= 15 is 0 Å². The molecular formula is C14H32N2O2S. The van der Waals surface area contributed by atoms with Crippen molar-refractivity contribution in [1.82, 2.24) is 4.90 Å². The normalized spacial score (nSPS) is 15.7. The molecule has 0 aromatic rings. The van der Waals surface area contributed by atoms with Gasteiger partial charge in [-0.3, -0.25) is 4.90 Å². The highest BCUT2D eigenvalue weighted by Crippen LogP contribution is 2.20. The Bertz CT molecular complexity index is 330. The van der Waals surface area contributed by atoms with Crippen LogP contribution in [0.1, 0.15) is 52.4 Å². The molecule has 4 nitrogen and oxygen atoms in total. The maximum Gasteiger partial charge on any atom is 0.148 e. The molecule has 19 heavy (non-hydrogen) atoms. The zero-order valence-corrected chi connectivity index (χ0v) is 13.9. The summed E-state index contributed by atoms with van der Waals surface area (Å²) < 4.78 is 22.5. The zero-order valence-electron chi connectivity index (χ0n) is 13.1. The van der Waals surface area contributed by atoms with Gasteiger partial charge in [0, 0.05) is 24.9 Å². The van der Waals surface area contributed by atoms with Crippen LogP contribution in [-0.4, -0.2) is 51.0 Å². The molecule has 0 aliphatic rings. The minimum absolute atomic E-state index is 0.0864. The van der Waals surface area contributed by atoms with Gasteiger partial charge in [0.1, 0.15) is 9.84 Å². The highest BCUT2D eigenvalue weighted by molar-refractivity contribution is 7.90. The summed E-state index contributed by atoms with van der Waals surface area (Å²) in [5.74, 6) is 0.203. The molecule has 0 aliphatic carbocycles. The van der Waals surface area contributed by atoms with Crippen molar-refractivity contribution in [3.05, 3.63) is 0 Å². The molecule has 116 valence electrons. The molecule has 0 bridgehead atoms. The molecule has 0 fully saturated rings. The van der Waals surface area contributed by atoms with Gasteiger partial charge < -0.3 is 5.73 Å². The van der Waals surface area contributed by atoms with Crippen molar-refractivity contribution in [2.75, 3.05) is 32.1 Å². The lowest BCUT2D eigenvalue weighted by atomic mass is 9.92. The van der Waals surface area contributed by atoms with Crippen molar-refractivity contribution < 1.29 is 8.42 Å². The fourth-order valence-corrected chi connectivity index (χ4v) is 2.74. The molecule has 0 aromatic heterocycles. The van der Waals surface area contributed by atoms with Crippen molar-refractivity contribution in [3.63, 3.8) is 0 Å². The molecule has 0 saturated heterocycles. The molecule has 1 unspecified atom stereocenters. The SMILES string of the molecule is CCCCCCCC(C)(CN)N(C)CCS(C)(=O)=O. The molecule has 0 aliphatic heterocycles. The summed E-state index contributed by atoms with van der Waals surface area (Å²) in [6, 6.07) is 0. The first-order valence-corrected chi connectivity index (χ1v) is 9.40. The van der Waals surface area contributed by atoms with Crippen LogP contribution in [0, 0.1) is 0 Å². The summed E-state index contributed by atoms with van der Waals surface area (Å²) >= 11 is 0. The van der Waals surface area contributed by atoms with Crippen LogP contribution < -0.4 is 5.73 Å². The minimum Gasteiger partial charge on any atom is -0.329 e. The monoisotopic (exact) mass is 292 g/mol. The minimum atomic E-state index is -2.90. The van der Waals surface area contributed by atoms with Crippen LogP contribution in [0.5, 0.6) is 0 Å². The van der Waals surface area contributed by atoms with E-state index in [9.17, 15) is 8.42 Å². The summed E-state index contributed by atoms with van der Waals surface area (Å²) in [4.78, 5) is 2.11. The maximum absolute atomic E-state index is 11.2. The van der Waals surface area contributed by atoms with Gasteiger partial charge in [-0.25, -0.2) is 8.42 Å². The Hall–Kier alpha value is -0.130. The van der Waals surface area contributed by atoms with Crippen molar-refractivity contribution in [3.8, 4) is 0 Å². The predicted molar refractivity (Wildman–Crippen MR) is 83.2 cm³/mol. The van der Waals surface area contributed by atoms with Crippen LogP contribution in [0.4, 0.5) is 0 Å². The highest BCUT2D eigenvalue weighted by atomic mass is 32.2. The molecule has 0 amide bonds. The molecule has 5 heteroatoms. The molecule has 0 saturated carbocycles. The van der Waals surface area contributed by atoms with E-state index in [-0.39, 0.29) is 11.3 Å². The van der Waals surface area contributed by atoms with Crippen LogP contribution in [0.25, 0.3) is 0 Å². The Morgan fingerprint density at radius 2 is 1.74 bits per heavy atom. The van der Waals surface area contributed by atoms with Gasteiger partial charge in [0.05, 0.1) is 5.75 Å². The number of sulfone groups is 1. The van der Waals surface area contributed by atoms with Crippen LogP contribution in [0.2, 0.25) is 0 Å². The average molecular weight is 292 g/mol. The third-order valence-electron chi connectivity index (χ3n) is 3.98. The first kappa shape index (κ1) is 18.9. The molecule has 1 atom stereocenters. The van der Waals surface area contributed by atoms with Crippen molar-refractivity contribution in [2.24, 2.45) is 5.73 Å². The number of hydrogen-bond acceptors (Lipinski definition) is 4. The van der Waals surface area contributed by atoms with Gasteiger partial charge in [-0.05, 0) is 20.4 Å². The van der Waals surface area contributed by atoms with E-state index in [1.165, 1.54) is 31.9 Å². The van der Waals surface area contributed by atoms with E-state index < -0.39 is 9.84 Å². The molecule has 0 aromatic carbocycles. The highest BCUT2D eigenvalue weighted by Gasteiger charge is 2.27. The third-order valence-corrected chi connectivity index (χ3v) is 4.90. The van der Waals surface area contributed by atoms with Gasteiger partial charge in [-0.2, -0.15) is 0 Å². The van der Waals surface area contributed by atoms with Crippen LogP contribution in [0.3, 0.4) is 0 Å². The lowest BCUT2D eigenvalue weighted by molar-refractivity contribution is 0.138. The fraction of sp³-hybridized carbons (Fsp3) is 1.00. The van der Waals surface area contributed by atoms with Crippen molar-refractivity contribution >= 4 is 9.84 Å². The number of rotatable bonds is 11. The van der Waals surface area contributed by atoms with Gasteiger partial charge in [0.25, 0.3) is 0 Å². The summed E-state index contributed by atoms with van der Waals surface area (Å²) in [6.07, 6.45) is 8.55. The second kappa shape index (κ2) is 8.93. The molecule has 0 rings (SSSR count). The van der Waals surface area contributed by atoms with Gasteiger partial charge in [-0.1, -0.05) is 39.0 Å². The smallest absolute Gasteiger partial charge is 0.148 e. The lowest BCUT2D eigenvalue weighted by Gasteiger charge is -2.38. The second-order valence-corrected chi connectivity index (χ2v) is 8.18. The van der Waals surface area contributed by atoms with Crippen molar-refractivity contribution in [2.45, 2.75) is 57.9 Å². The van der Waals surface area contributed by atoms with Gasteiger partial charge in [0.15, 0.2) is 0 Å². The maximum atomic E-state index is 11.2. The molecule has 0 spiro atoms. The largest absolute Gasteiger partial charge is 0.329 e. The summed E-state index contributed by atoms with van der Waals surface area (Å²) in [5.41, 5.74) is 5.81. The number of hydrogen-bond donors (Lipinski definition) is 1. The predicted octanol–water partition coefficient (Wildman–Crippen LogP) is 2.04. The first-order valence-electron chi connectivity index (χ1n) is 7.34. The molecule has 0 radical (unpaired) electrons. The van der Waals surface area contributed by atoms with Gasteiger partial charge in [-0.15, -0.1) is 0 Å².